The molecule has 2 amide bonds. The minimum atomic E-state index is 0.0856. The Kier molecular flexibility index (Phi) is 7.17. The van der Waals surface area contributed by atoms with Gasteiger partial charge in [-0.3, -0.25) is 14.5 Å². The minimum Gasteiger partial charge on any atom is -0.378 e. The smallest absolute Gasteiger partial charge is 0.236 e. The molecule has 1 unspecified atom stereocenters. The van der Waals surface area contributed by atoms with E-state index in [1.165, 1.54) is 16.3 Å². The molecule has 0 radical (unpaired) electrons. The van der Waals surface area contributed by atoms with E-state index in [-0.39, 0.29) is 17.9 Å². The van der Waals surface area contributed by atoms with E-state index >= 15 is 0 Å². The molecule has 7 nitrogen and oxygen atoms in total. The number of benzene rings is 2. The molecule has 0 aliphatic carbocycles. The fraction of sp³-hybridized carbons (Fsp3) is 0.500. The van der Waals surface area contributed by atoms with Gasteiger partial charge in [-0.05, 0) is 23.3 Å². The number of hydrogen-bond acceptors (Lipinski definition) is 5. The summed E-state index contributed by atoms with van der Waals surface area (Å²) in [5, 5.41) is 5.83. The summed E-state index contributed by atoms with van der Waals surface area (Å²) >= 11 is 0. The summed E-state index contributed by atoms with van der Waals surface area (Å²) in [5.41, 5.74) is 1.21. The van der Waals surface area contributed by atoms with Crippen molar-refractivity contribution >= 4 is 22.6 Å². The van der Waals surface area contributed by atoms with Crippen LogP contribution in [0.25, 0.3) is 10.8 Å². The lowest BCUT2D eigenvalue weighted by atomic mass is 10.00. The first-order valence-electron chi connectivity index (χ1n) is 11.2. The van der Waals surface area contributed by atoms with E-state index in [0.29, 0.717) is 52.5 Å². The van der Waals surface area contributed by atoms with Gasteiger partial charge in [0.25, 0.3) is 0 Å². The Morgan fingerprint density at radius 2 is 1.58 bits per heavy atom. The minimum absolute atomic E-state index is 0.0856. The van der Waals surface area contributed by atoms with Gasteiger partial charge in [0.1, 0.15) is 0 Å². The molecular weight excluding hydrogens is 392 g/mol. The topological polar surface area (TPSA) is 65.1 Å². The van der Waals surface area contributed by atoms with Crippen LogP contribution in [-0.2, 0) is 14.3 Å². The maximum atomic E-state index is 12.7. The monoisotopic (exact) mass is 424 g/mol. The Hall–Kier alpha value is -2.48. The molecule has 2 heterocycles. The SMILES string of the molecule is CC(NCC(=O)N1CCN(CC(=O)N2CCOCC2)CC1)c1cccc2ccccc12. The second kappa shape index (κ2) is 10.2. The lowest BCUT2D eigenvalue weighted by Gasteiger charge is -2.36. The van der Waals surface area contributed by atoms with Gasteiger partial charge in [0, 0.05) is 45.3 Å². The van der Waals surface area contributed by atoms with Crippen LogP contribution in [-0.4, -0.2) is 92.1 Å². The molecule has 0 saturated carbocycles. The van der Waals surface area contributed by atoms with Crippen molar-refractivity contribution in [2.24, 2.45) is 0 Å². The molecule has 1 N–H and O–H groups in total. The Balaban J connectivity index is 1.23. The van der Waals surface area contributed by atoms with Crippen LogP contribution in [0.4, 0.5) is 0 Å². The molecule has 2 fully saturated rings. The number of carbonyl (C=O) groups excluding carboxylic acids is 2. The van der Waals surface area contributed by atoms with Crippen molar-refractivity contribution in [3.8, 4) is 0 Å². The zero-order valence-electron chi connectivity index (χ0n) is 18.3. The summed E-state index contributed by atoms with van der Waals surface area (Å²) in [7, 11) is 0. The molecular formula is C24H32N4O3. The highest BCUT2D eigenvalue weighted by Crippen LogP contribution is 2.23. The predicted octanol–water partition coefficient (Wildman–Crippen LogP) is 1.49. The average molecular weight is 425 g/mol. The molecule has 2 aromatic carbocycles. The Morgan fingerprint density at radius 1 is 0.903 bits per heavy atom. The first kappa shape index (κ1) is 21.7. The zero-order chi connectivity index (χ0) is 21.6. The average Bonchev–Trinajstić information content (AvgIpc) is 2.83. The van der Waals surface area contributed by atoms with E-state index in [1.807, 2.05) is 21.9 Å². The maximum Gasteiger partial charge on any atom is 0.236 e. The van der Waals surface area contributed by atoms with Crippen LogP contribution in [0.3, 0.4) is 0 Å². The van der Waals surface area contributed by atoms with Gasteiger partial charge in [-0.25, -0.2) is 0 Å². The van der Waals surface area contributed by atoms with E-state index in [0.717, 1.165) is 13.1 Å². The molecule has 7 heteroatoms. The molecule has 1 atom stereocenters. The van der Waals surface area contributed by atoms with Crippen LogP contribution in [0.2, 0.25) is 0 Å². The number of ether oxygens (including phenoxy) is 1. The fourth-order valence-corrected chi connectivity index (χ4v) is 4.35. The van der Waals surface area contributed by atoms with Crippen LogP contribution in [0, 0.1) is 0 Å². The van der Waals surface area contributed by atoms with Crippen molar-refractivity contribution in [3.05, 3.63) is 48.0 Å². The maximum absolute atomic E-state index is 12.7. The molecule has 4 rings (SSSR count). The molecule has 0 spiro atoms. The second-order valence-corrected chi connectivity index (χ2v) is 8.32. The van der Waals surface area contributed by atoms with Crippen molar-refractivity contribution in [1.29, 1.82) is 0 Å². The summed E-state index contributed by atoms with van der Waals surface area (Å²) in [6, 6.07) is 14.7. The van der Waals surface area contributed by atoms with Gasteiger partial charge in [-0.15, -0.1) is 0 Å². The summed E-state index contributed by atoms with van der Waals surface area (Å²) in [6.07, 6.45) is 0. The number of morpholine rings is 1. The molecule has 2 saturated heterocycles. The van der Waals surface area contributed by atoms with Crippen molar-refractivity contribution in [2.75, 3.05) is 65.6 Å². The summed E-state index contributed by atoms with van der Waals surface area (Å²) < 4.78 is 5.31. The second-order valence-electron chi connectivity index (χ2n) is 8.32. The number of fused-ring (bicyclic) bond motifs is 1. The molecule has 2 aliphatic heterocycles. The van der Waals surface area contributed by atoms with Crippen molar-refractivity contribution in [2.45, 2.75) is 13.0 Å². The van der Waals surface area contributed by atoms with Crippen LogP contribution < -0.4 is 5.32 Å². The lowest BCUT2D eigenvalue weighted by molar-refractivity contribution is -0.137. The van der Waals surface area contributed by atoms with Gasteiger partial charge < -0.3 is 19.9 Å². The third kappa shape index (κ3) is 5.42. The molecule has 166 valence electrons. The third-order valence-corrected chi connectivity index (χ3v) is 6.30. The van der Waals surface area contributed by atoms with Gasteiger partial charge in [-0.2, -0.15) is 0 Å². The third-order valence-electron chi connectivity index (χ3n) is 6.30. The van der Waals surface area contributed by atoms with Crippen LogP contribution in [0.1, 0.15) is 18.5 Å². The van der Waals surface area contributed by atoms with E-state index in [9.17, 15) is 9.59 Å². The largest absolute Gasteiger partial charge is 0.378 e. The molecule has 0 aromatic heterocycles. The standard InChI is InChI=1S/C24H32N4O3/c1-19(21-8-4-6-20-5-2-3-7-22(20)21)25-17-23(29)27-11-9-26(10-12-27)18-24(30)28-13-15-31-16-14-28/h2-8,19,25H,9-18H2,1H3. The molecule has 31 heavy (non-hydrogen) atoms. The first-order chi connectivity index (χ1) is 15.1. The number of nitrogens with zero attached hydrogens (tertiary/aromatic N) is 3. The highest BCUT2D eigenvalue weighted by atomic mass is 16.5. The fourth-order valence-electron chi connectivity index (χ4n) is 4.35. The van der Waals surface area contributed by atoms with Crippen LogP contribution >= 0.6 is 0 Å². The van der Waals surface area contributed by atoms with Crippen LogP contribution in [0.15, 0.2) is 42.5 Å². The van der Waals surface area contributed by atoms with Gasteiger partial charge in [0.15, 0.2) is 0 Å². The number of carbonyl (C=O) groups is 2. The van der Waals surface area contributed by atoms with E-state index in [2.05, 4.69) is 47.5 Å². The predicted molar refractivity (Wildman–Crippen MR) is 121 cm³/mol. The van der Waals surface area contributed by atoms with Crippen molar-refractivity contribution < 1.29 is 14.3 Å². The van der Waals surface area contributed by atoms with Gasteiger partial charge >= 0.3 is 0 Å². The molecule has 0 bridgehead atoms. The highest BCUT2D eigenvalue weighted by molar-refractivity contribution is 5.86. The van der Waals surface area contributed by atoms with Gasteiger partial charge in [0.2, 0.25) is 11.8 Å². The Morgan fingerprint density at radius 3 is 2.35 bits per heavy atom. The first-order valence-corrected chi connectivity index (χ1v) is 11.2. The van der Waals surface area contributed by atoms with Crippen LogP contribution in [0.5, 0.6) is 0 Å². The number of nitrogens with one attached hydrogen (secondary N) is 1. The number of rotatable bonds is 6. The van der Waals surface area contributed by atoms with E-state index in [1.54, 1.807) is 0 Å². The highest BCUT2D eigenvalue weighted by Gasteiger charge is 2.25. The Bertz CT molecular complexity index is 899. The quantitative estimate of drug-likeness (QED) is 0.761. The van der Waals surface area contributed by atoms with E-state index in [4.69, 9.17) is 4.74 Å². The number of hydrogen-bond donors (Lipinski definition) is 1. The molecule has 2 aliphatic rings. The summed E-state index contributed by atoms with van der Waals surface area (Å²) in [5.74, 6) is 0.278. The summed E-state index contributed by atoms with van der Waals surface area (Å²) in [4.78, 5) is 31.1. The number of amides is 2. The number of piperazine rings is 1. The van der Waals surface area contributed by atoms with Crippen molar-refractivity contribution in [3.63, 3.8) is 0 Å². The zero-order valence-corrected chi connectivity index (χ0v) is 18.3. The Labute approximate surface area is 183 Å². The molecule has 2 aromatic rings. The van der Waals surface area contributed by atoms with Crippen molar-refractivity contribution in [1.82, 2.24) is 20.0 Å². The van der Waals surface area contributed by atoms with Gasteiger partial charge in [0.05, 0.1) is 26.3 Å². The van der Waals surface area contributed by atoms with E-state index < -0.39 is 0 Å². The lowest BCUT2D eigenvalue weighted by Crippen LogP contribution is -2.53. The summed E-state index contributed by atoms with van der Waals surface area (Å²) in [6.45, 7) is 8.26. The van der Waals surface area contributed by atoms with Gasteiger partial charge in [-0.1, -0.05) is 42.5 Å². The normalized spacial score (nSPS) is 18.9.